The summed E-state index contributed by atoms with van der Waals surface area (Å²) >= 11 is 0. The fraction of sp³-hybridized carbons (Fsp3) is 0.818. The Kier molecular flexibility index (Phi) is 3.35. The lowest BCUT2D eigenvalue weighted by molar-refractivity contribution is 0.0255. The SMILES string of the molecule is c1nc2n(n1)CCN(CCOC1CCOC1)C2. The zero-order valence-electron chi connectivity index (χ0n) is 9.92. The summed E-state index contributed by atoms with van der Waals surface area (Å²) in [6.45, 7) is 6.19. The molecule has 0 saturated carbocycles. The molecular weight excluding hydrogens is 220 g/mol. The number of hydrogen-bond acceptors (Lipinski definition) is 5. The molecule has 2 aliphatic rings. The van der Waals surface area contributed by atoms with Crippen molar-refractivity contribution in [3.8, 4) is 0 Å². The molecule has 3 rings (SSSR count). The van der Waals surface area contributed by atoms with Crippen molar-refractivity contribution in [3.05, 3.63) is 12.2 Å². The number of aromatic nitrogens is 3. The van der Waals surface area contributed by atoms with Gasteiger partial charge in [0.2, 0.25) is 0 Å². The smallest absolute Gasteiger partial charge is 0.141 e. The third-order valence-corrected chi connectivity index (χ3v) is 3.34. The molecule has 0 amide bonds. The van der Waals surface area contributed by atoms with Crippen LogP contribution in [-0.4, -0.2) is 58.7 Å². The summed E-state index contributed by atoms with van der Waals surface area (Å²) in [5.41, 5.74) is 0. The van der Waals surface area contributed by atoms with Crippen LogP contribution in [0.4, 0.5) is 0 Å². The largest absolute Gasteiger partial charge is 0.379 e. The molecule has 6 heteroatoms. The second-order valence-corrected chi connectivity index (χ2v) is 4.53. The maximum Gasteiger partial charge on any atom is 0.141 e. The second kappa shape index (κ2) is 5.12. The van der Waals surface area contributed by atoms with Gasteiger partial charge in [0, 0.05) is 19.7 Å². The lowest BCUT2D eigenvalue weighted by atomic mass is 10.3. The molecular formula is C11H18N4O2. The molecule has 3 heterocycles. The van der Waals surface area contributed by atoms with Crippen LogP contribution in [0.15, 0.2) is 6.33 Å². The van der Waals surface area contributed by atoms with Crippen molar-refractivity contribution < 1.29 is 9.47 Å². The average molecular weight is 238 g/mol. The van der Waals surface area contributed by atoms with E-state index in [1.54, 1.807) is 6.33 Å². The Labute approximate surface area is 101 Å². The third kappa shape index (κ3) is 2.65. The zero-order chi connectivity index (χ0) is 11.5. The highest BCUT2D eigenvalue weighted by Gasteiger charge is 2.19. The van der Waals surface area contributed by atoms with Crippen LogP contribution in [0.25, 0.3) is 0 Å². The monoisotopic (exact) mass is 238 g/mol. The first-order chi connectivity index (χ1) is 8.42. The Morgan fingerprint density at radius 2 is 2.47 bits per heavy atom. The third-order valence-electron chi connectivity index (χ3n) is 3.34. The summed E-state index contributed by atoms with van der Waals surface area (Å²) in [6.07, 6.45) is 2.97. The van der Waals surface area contributed by atoms with E-state index in [9.17, 15) is 0 Å². The van der Waals surface area contributed by atoms with Gasteiger partial charge in [0.25, 0.3) is 0 Å². The van der Waals surface area contributed by atoms with Gasteiger partial charge in [-0.15, -0.1) is 0 Å². The molecule has 1 unspecified atom stereocenters. The summed E-state index contributed by atoms with van der Waals surface area (Å²) in [4.78, 5) is 6.60. The fourth-order valence-electron chi connectivity index (χ4n) is 2.30. The van der Waals surface area contributed by atoms with Gasteiger partial charge in [-0.3, -0.25) is 4.90 Å². The Bertz CT molecular complexity index is 362. The van der Waals surface area contributed by atoms with Crippen molar-refractivity contribution in [2.24, 2.45) is 0 Å². The molecule has 0 N–H and O–H groups in total. The number of rotatable bonds is 4. The minimum Gasteiger partial charge on any atom is -0.379 e. The van der Waals surface area contributed by atoms with Crippen LogP contribution in [0, 0.1) is 0 Å². The van der Waals surface area contributed by atoms with Crippen molar-refractivity contribution in [1.29, 1.82) is 0 Å². The predicted octanol–water partition coefficient (Wildman–Crippen LogP) is -0.101. The summed E-state index contributed by atoms with van der Waals surface area (Å²) in [6, 6.07) is 0. The Balaban J connectivity index is 1.41. The quantitative estimate of drug-likeness (QED) is 0.733. The van der Waals surface area contributed by atoms with Gasteiger partial charge in [0.05, 0.1) is 32.4 Å². The van der Waals surface area contributed by atoms with Crippen LogP contribution >= 0.6 is 0 Å². The summed E-state index contributed by atoms with van der Waals surface area (Å²) in [7, 11) is 0. The molecule has 0 aromatic carbocycles. The first-order valence-corrected chi connectivity index (χ1v) is 6.20. The van der Waals surface area contributed by atoms with E-state index in [1.807, 2.05) is 4.68 Å². The van der Waals surface area contributed by atoms with E-state index in [-0.39, 0.29) is 0 Å². The first kappa shape index (κ1) is 11.1. The minimum absolute atomic E-state index is 0.309. The van der Waals surface area contributed by atoms with Gasteiger partial charge >= 0.3 is 0 Å². The van der Waals surface area contributed by atoms with E-state index in [0.717, 1.165) is 58.2 Å². The van der Waals surface area contributed by atoms with Gasteiger partial charge < -0.3 is 9.47 Å². The molecule has 0 spiro atoms. The molecule has 1 aromatic heterocycles. The van der Waals surface area contributed by atoms with Crippen molar-refractivity contribution in [3.63, 3.8) is 0 Å². The van der Waals surface area contributed by atoms with Gasteiger partial charge in [0.1, 0.15) is 12.2 Å². The molecule has 17 heavy (non-hydrogen) atoms. The molecule has 0 radical (unpaired) electrons. The Morgan fingerprint density at radius 1 is 1.47 bits per heavy atom. The topological polar surface area (TPSA) is 52.4 Å². The van der Waals surface area contributed by atoms with Gasteiger partial charge in [-0.25, -0.2) is 9.67 Å². The van der Waals surface area contributed by atoms with Crippen molar-refractivity contribution in [2.45, 2.75) is 25.6 Å². The molecule has 0 aliphatic carbocycles. The van der Waals surface area contributed by atoms with E-state index in [1.165, 1.54) is 0 Å². The normalized spacial score (nSPS) is 25.1. The van der Waals surface area contributed by atoms with E-state index in [4.69, 9.17) is 9.47 Å². The van der Waals surface area contributed by atoms with Gasteiger partial charge in [-0.1, -0.05) is 0 Å². The van der Waals surface area contributed by atoms with Gasteiger partial charge in [-0.05, 0) is 6.42 Å². The summed E-state index contributed by atoms with van der Waals surface area (Å²) in [5.74, 6) is 1.06. The maximum atomic E-state index is 5.77. The number of hydrogen-bond donors (Lipinski definition) is 0. The van der Waals surface area contributed by atoms with Crippen LogP contribution in [0.1, 0.15) is 12.2 Å². The van der Waals surface area contributed by atoms with Crippen molar-refractivity contribution in [1.82, 2.24) is 19.7 Å². The first-order valence-electron chi connectivity index (χ1n) is 6.20. The Morgan fingerprint density at radius 3 is 3.35 bits per heavy atom. The van der Waals surface area contributed by atoms with Crippen molar-refractivity contribution in [2.75, 3.05) is 32.9 Å². The molecule has 0 bridgehead atoms. The van der Waals surface area contributed by atoms with E-state index < -0.39 is 0 Å². The molecule has 94 valence electrons. The number of nitrogens with zero attached hydrogens (tertiary/aromatic N) is 4. The lowest BCUT2D eigenvalue weighted by Gasteiger charge is -2.26. The molecule has 2 aliphatic heterocycles. The number of ether oxygens (including phenoxy) is 2. The lowest BCUT2D eigenvalue weighted by Crippen LogP contribution is -2.37. The number of fused-ring (bicyclic) bond motifs is 1. The summed E-state index contributed by atoms with van der Waals surface area (Å²) in [5, 5.41) is 4.17. The fourth-order valence-corrected chi connectivity index (χ4v) is 2.30. The van der Waals surface area contributed by atoms with Crippen LogP contribution in [-0.2, 0) is 22.6 Å². The molecule has 1 aromatic rings. The standard InChI is InChI=1S/C11H18N4O2/c1-5-16-8-10(1)17-6-4-14-2-3-15-11(7-14)12-9-13-15/h9-10H,1-8H2. The van der Waals surface area contributed by atoms with Crippen LogP contribution < -0.4 is 0 Å². The maximum absolute atomic E-state index is 5.77. The highest BCUT2D eigenvalue weighted by molar-refractivity contribution is 4.88. The predicted molar refractivity (Wildman–Crippen MR) is 60.5 cm³/mol. The van der Waals surface area contributed by atoms with Crippen molar-refractivity contribution >= 4 is 0 Å². The highest BCUT2D eigenvalue weighted by Crippen LogP contribution is 2.10. The molecule has 1 fully saturated rings. The van der Waals surface area contributed by atoms with Crippen LogP contribution in [0.5, 0.6) is 0 Å². The van der Waals surface area contributed by atoms with Crippen LogP contribution in [0.2, 0.25) is 0 Å². The van der Waals surface area contributed by atoms with Crippen LogP contribution in [0.3, 0.4) is 0 Å². The molecule has 1 atom stereocenters. The highest BCUT2D eigenvalue weighted by atomic mass is 16.5. The van der Waals surface area contributed by atoms with E-state index >= 15 is 0 Å². The average Bonchev–Trinajstić information content (AvgIpc) is 2.98. The van der Waals surface area contributed by atoms with Gasteiger partial charge in [-0.2, -0.15) is 5.10 Å². The molecule has 6 nitrogen and oxygen atoms in total. The zero-order valence-corrected chi connectivity index (χ0v) is 9.92. The Hall–Kier alpha value is -0.980. The minimum atomic E-state index is 0.309. The van der Waals surface area contributed by atoms with E-state index in [2.05, 4.69) is 15.0 Å². The molecule has 1 saturated heterocycles. The second-order valence-electron chi connectivity index (χ2n) is 4.53. The van der Waals surface area contributed by atoms with E-state index in [0.29, 0.717) is 6.10 Å². The summed E-state index contributed by atoms with van der Waals surface area (Å²) < 4.78 is 13.0. The van der Waals surface area contributed by atoms with Gasteiger partial charge in [0.15, 0.2) is 0 Å².